The lowest BCUT2D eigenvalue weighted by molar-refractivity contribution is 0.00335. The largest absolute Gasteiger partial charge is 0.497 e. The Morgan fingerprint density at radius 2 is 1.96 bits per heavy atom. The third-order valence-corrected chi connectivity index (χ3v) is 3.38. The average molecular weight is 325 g/mol. The van der Waals surface area contributed by atoms with E-state index in [1.807, 2.05) is 18.2 Å². The number of methoxy groups -OCH3 is 2. The van der Waals surface area contributed by atoms with Crippen molar-refractivity contribution >= 4 is 0 Å². The summed E-state index contributed by atoms with van der Waals surface area (Å²) in [6.45, 7) is 7.91. The van der Waals surface area contributed by atoms with Crippen LogP contribution < -0.4 is 4.74 Å². The summed E-state index contributed by atoms with van der Waals surface area (Å²) in [6.07, 6.45) is -0.504. The number of benzene rings is 1. The van der Waals surface area contributed by atoms with Crippen molar-refractivity contribution in [3.8, 4) is 5.75 Å². The summed E-state index contributed by atoms with van der Waals surface area (Å²) in [7, 11) is 3.35. The third-order valence-electron chi connectivity index (χ3n) is 3.38. The van der Waals surface area contributed by atoms with E-state index in [0.717, 1.165) is 24.4 Å². The zero-order valence-corrected chi connectivity index (χ0v) is 14.8. The minimum absolute atomic E-state index is 0.361. The lowest BCUT2D eigenvalue weighted by Gasteiger charge is -2.25. The van der Waals surface area contributed by atoms with Gasteiger partial charge in [0.2, 0.25) is 0 Å². The number of aliphatic hydroxyl groups is 1. The van der Waals surface area contributed by atoms with Crippen LogP contribution in [0, 0.1) is 5.92 Å². The van der Waals surface area contributed by atoms with Crippen LogP contribution in [0.1, 0.15) is 19.4 Å². The van der Waals surface area contributed by atoms with E-state index in [1.165, 1.54) is 0 Å². The minimum atomic E-state index is -0.504. The topological polar surface area (TPSA) is 51.2 Å². The first-order valence-corrected chi connectivity index (χ1v) is 8.15. The van der Waals surface area contributed by atoms with Gasteiger partial charge >= 0.3 is 0 Å². The van der Waals surface area contributed by atoms with Gasteiger partial charge in [-0.3, -0.25) is 4.90 Å². The zero-order valence-electron chi connectivity index (χ0n) is 14.8. The summed E-state index contributed by atoms with van der Waals surface area (Å²) in [5.41, 5.74) is 1.15. The molecule has 1 unspecified atom stereocenters. The fourth-order valence-corrected chi connectivity index (χ4v) is 2.27. The molecule has 0 radical (unpaired) electrons. The van der Waals surface area contributed by atoms with E-state index in [9.17, 15) is 5.11 Å². The van der Waals surface area contributed by atoms with Crippen LogP contribution in [-0.2, 0) is 16.0 Å². The van der Waals surface area contributed by atoms with Crippen LogP contribution in [0.3, 0.4) is 0 Å². The van der Waals surface area contributed by atoms with Gasteiger partial charge in [-0.25, -0.2) is 0 Å². The summed E-state index contributed by atoms with van der Waals surface area (Å²) < 4.78 is 16.0. The quantitative estimate of drug-likeness (QED) is 0.638. The lowest BCUT2D eigenvalue weighted by atomic mass is 10.2. The molecule has 5 nitrogen and oxygen atoms in total. The lowest BCUT2D eigenvalue weighted by Crippen LogP contribution is -2.36. The second-order valence-electron chi connectivity index (χ2n) is 6.16. The van der Waals surface area contributed by atoms with Gasteiger partial charge in [0.05, 0.1) is 26.4 Å². The van der Waals surface area contributed by atoms with Crippen molar-refractivity contribution in [1.29, 1.82) is 0 Å². The Morgan fingerprint density at radius 1 is 1.17 bits per heavy atom. The minimum Gasteiger partial charge on any atom is -0.497 e. The van der Waals surface area contributed by atoms with Crippen molar-refractivity contribution in [3.63, 3.8) is 0 Å². The standard InChI is InChI=1S/C18H31NO4/c1-15(2)13-23-14-17(20)12-19(8-9-21-3)11-16-6-5-7-18(10-16)22-4/h5-7,10,15,17,20H,8-9,11-14H2,1-4H3. The van der Waals surface area contributed by atoms with Crippen LogP contribution in [0.15, 0.2) is 24.3 Å². The molecule has 0 saturated carbocycles. The Bertz CT molecular complexity index is 425. The van der Waals surface area contributed by atoms with Crippen molar-refractivity contribution < 1.29 is 19.3 Å². The molecule has 0 amide bonds. The molecule has 0 aliphatic heterocycles. The number of hydrogen-bond donors (Lipinski definition) is 1. The predicted octanol–water partition coefficient (Wildman–Crippen LogP) is 2.18. The van der Waals surface area contributed by atoms with Gasteiger partial charge in [-0.2, -0.15) is 0 Å². The monoisotopic (exact) mass is 325 g/mol. The first-order chi connectivity index (χ1) is 11.0. The Labute approximate surface area is 140 Å². The van der Waals surface area contributed by atoms with Gasteiger partial charge in [0.25, 0.3) is 0 Å². The molecule has 1 atom stereocenters. The van der Waals surface area contributed by atoms with Gasteiger partial charge in [0, 0.05) is 33.4 Å². The highest BCUT2D eigenvalue weighted by Crippen LogP contribution is 2.14. The molecule has 0 spiro atoms. The molecule has 1 aromatic rings. The summed E-state index contributed by atoms with van der Waals surface area (Å²) in [6, 6.07) is 7.98. The molecule has 23 heavy (non-hydrogen) atoms. The Hall–Kier alpha value is -1.14. The second-order valence-corrected chi connectivity index (χ2v) is 6.16. The van der Waals surface area contributed by atoms with Crippen LogP contribution in [0.25, 0.3) is 0 Å². The van der Waals surface area contributed by atoms with Gasteiger partial charge in [-0.05, 0) is 23.6 Å². The Morgan fingerprint density at radius 3 is 2.61 bits per heavy atom. The highest BCUT2D eigenvalue weighted by atomic mass is 16.5. The first kappa shape index (κ1) is 19.9. The molecular formula is C18H31NO4. The molecule has 5 heteroatoms. The molecule has 1 rings (SSSR count). The van der Waals surface area contributed by atoms with Gasteiger partial charge < -0.3 is 19.3 Å². The van der Waals surface area contributed by atoms with Crippen LogP contribution in [-0.4, -0.2) is 63.2 Å². The molecule has 1 aromatic carbocycles. The summed E-state index contributed by atoms with van der Waals surface area (Å²) >= 11 is 0. The third kappa shape index (κ3) is 8.91. The van der Waals surface area contributed by atoms with E-state index in [2.05, 4.69) is 24.8 Å². The molecule has 132 valence electrons. The van der Waals surface area contributed by atoms with Crippen molar-refractivity contribution in [1.82, 2.24) is 4.90 Å². The van der Waals surface area contributed by atoms with Crippen molar-refractivity contribution in [2.45, 2.75) is 26.5 Å². The van der Waals surface area contributed by atoms with Crippen molar-refractivity contribution in [3.05, 3.63) is 29.8 Å². The highest BCUT2D eigenvalue weighted by molar-refractivity contribution is 5.28. The Balaban J connectivity index is 2.53. The highest BCUT2D eigenvalue weighted by Gasteiger charge is 2.13. The number of nitrogens with zero attached hydrogens (tertiary/aromatic N) is 1. The summed E-state index contributed by atoms with van der Waals surface area (Å²) in [5, 5.41) is 10.2. The smallest absolute Gasteiger partial charge is 0.119 e. The van der Waals surface area contributed by atoms with Crippen molar-refractivity contribution in [2.75, 3.05) is 47.1 Å². The van der Waals surface area contributed by atoms with E-state index in [-0.39, 0.29) is 0 Å². The molecule has 0 heterocycles. The average Bonchev–Trinajstić information content (AvgIpc) is 2.52. The first-order valence-electron chi connectivity index (χ1n) is 8.15. The summed E-state index contributed by atoms with van der Waals surface area (Å²) in [4.78, 5) is 2.17. The molecule has 0 saturated heterocycles. The second kappa shape index (κ2) is 11.4. The van der Waals surface area contributed by atoms with E-state index < -0.39 is 6.10 Å². The maximum atomic E-state index is 10.2. The number of rotatable bonds is 12. The van der Waals surface area contributed by atoms with Gasteiger partial charge in [0.1, 0.15) is 5.75 Å². The van der Waals surface area contributed by atoms with E-state index in [0.29, 0.717) is 32.3 Å². The van der Waals surface area contributed by atoms with E-state index in [4.69, 9.17) is 14.2 Å². The molecule has 1 N–H and O–H groups in total. The molecule has 0 aliphatic rings. The molecular weight excluding hydrogens is 294 g/mol. The molecule has 0 fully saturated rings. The van der Waals surface area contributed by atoms with E-state index >= 15 is 0 Å². The molecule has 0 aromatic heterocycles. The SMILES string of the molecule is COCCN(Cc1cccc(OC)c1)CC(O)COCC(C)C. The predicted molar refractivity (Wildman–Crippen MR) is 91.8 cm³/mol. The number of hydrogen-bond acceptors (Lipinski definition) is 5. The van der Waals surface area contributed by atoms with Gasteiger partial charge in [0.15, 0.2) is 0 Å². The maximum Gasteiger partial charge on any atom is 0.119 e. The summed E-state index contributed by atoms with van der Waals surface area (Å²) in [5.74, 6) is 1.32. The van der Waals surface area contributed by atoms with Crippen LogP contribution in [0.4, 0.5) is 0 Å². The molecule has 0 aliphatic carbocycles. The normalized spacial score (nSPS) is 12.8. The van der Waals surface area contributed by atoms with Gasteiger partial charge in [-0.1, -0.05) is 26.0 Å². The van der Waals surface area contributed by atoms with Crippen LogP contribution in [0.2, 0.25) is 0 Å². The number of aliphatic hydroxyl groups excluding tert-OH is 1. The zero-order chi connectivity index (χ0) is 17.1. The van der Waals surface area contributed by atoms with E-state index in [1.54, 1.807) is 14.2 Å². The van der Waals surface area contributed by atoms with Crippen LogP contribution >= 0.6 is 0 Å². The van der Waals surface area contributed by atoms with Crippen LogP contribution in [0.5, 0.6) is 5.75 Å². The van der Waals surface area contributed by atoms with Gasteiger partial charge in [-0.15, -0.1) is 0 Å². The molecule has 0 bridgehead atoms. The number of ether oxygens (including phenoxy) is 3. The maximum absolute atomic E-state index is 10.2. The fourth-order valence-electron chi connectivity index (χ4n) is 2.27. The fraction of sp³-hybridized carbons (Fsp3) is 0.667. The Kier molecular flexibility index (Phi) is 9.87. The van der Waals surface area contributed by atoms with Crippen molar-refractivity contribution in [2.24, 2.45) is 5.92 Å².